The molecule has 2 aromatic rings. The molecule has 1 aromatic heterocycles. The van der Waals surface area contributed by atoms with Crippen LogP contribution < -0.4 is 5.32 Å². The molecule has 11 nitrogen and oxygen atoms in total. The molecule has 0 spiro atoms. The number of carbonyl (C=O) groups excluding carboxylic acids is 4. The van der Waals surface area contributed by atoms with E-state index in [1.165, 1.54) is 17.7 Å². The number of aliphatic carboxylic acids is 1. The van der Waals surface area contributed by atoms with E-state index in [0.29, 0.717) is 54.0 Å². The second-order valence-electron chi connectivity index (χ2n) is 14.6. The number of aliphatic hydroxyl groups is 1. The number of esters is 1. The van der Waals surface area contributed by atoms with Gasteiger partial charge in [-0.2, -0.15) is 0 Å². The summed E-state index contributed by atoms with van der Waals surface area (Å²) in [7, 11) is 0. The summed E-state index contributed by atoms with van der Waals surface area (Å²) in [6.07, 6.45) is 8.55. The zero-order chi connectivity index (χ0) is 33.7. The zero-order valence-corrected chi connectivity index (χ0v) is 27.0. The maximum atomic E-state index is 13.5. The highest BCUT2D eigenvalue weighted by atomic mass is 16.5. The minimum Gasteiger partial charge on any atom is -0.508 e. The molecule has 252 valence electrons. The summed E-state index contributed by atoms with van der Waals surface area (Å²) < 4.78 is 5.25. The number of H-pyrrole nitrogens is 1. The number of carboxylic acids is 1. The van der Waals surface area contributed by atoms with Crippen molar-refractivity contribution in [3.63, 3.8) is 0 Å². The smallest absolute Gasteiger partial charge is 0.326 e. The third kappa shape index (κ3) is 5.76. The van der Waals surface area contributed by atoms with Crippen molar-refractivity contribution in [2.45, 2.75) is 96.1 Å². The predicted octanol–water partition coefficient (Wildman–Crippen LogP) is 4.14. The fourth-order valence-electron chi connectivity index (χ4n) is 9.61. The minimum atomic E-state index is -1.62. The first-order valence-electron chi connectivity index (χ1n) is 16.7. The van der Waals surface area contributed by atoms with Crippen molar-refractivity contribution in [3.05, 3.63) is 41.6 Å². The highest BCUT2D eigenvalue weighted by molar-refractivity contribution is 5.93. The first-order chi connectivity index (χ1) is 22.2. The third-order valence-electron chi connectivity index (χ3n) is 12.3. The molecule has 11 heteroatoms. The average molecular weight is 649 g/mol. The molecular formula is C36H44N2O9. The van der Waals surface area contributed by atoms with Crippen molar-refractivity contribution in [2.24, 2.45) is 28.6 Å². The van der Waals surface area contributed by atoms with E-state index in [-0.39, 0.29) is 42.1 Å². The lowest BCUT2D eigenvalue weighted by atomic mass is 9.46. The standard InChI is InChI=1S/C36H44N2O9/c1-34-12-9-23(40)16-21(34)3-5-24-26(34)10-13-35(2)27(24)11-14-36(35,46)30(41)19-47-32(43)8-7-31(42)38-29(33(44)45)15-20-18-37-28-6-4-22(39)17-25(20)28/h4,6,16-18,24,26-27,29,37,39,46H,3,5,7-15,19H2,1-2H3,(H,38,42)(H,44,45)/t24-,26-,27+,29+,34+,35+,36+/m1/s1. The van der Waals surface area contributed by atoms with E-state index in [4.69, 9.17) is 4.74 Å². The van der Waals surface area contributed by atoms with Gasteiger partial charge in [0.05, 0.1) is 6.42 Å². The molecule has 47 heavy (non-hydrogen) atoms. The van der Waals surface area contributed by atoms with Gasteiger partial charge >= 0.3 is 11.9 Å². The predicted molar refractivity (Wildman–Crippen MR) is 170 cm³/mol. The largest absolute Gasteiger partial charge is 0.508 e. The summed E-state index contributed by atoms with van der Waals surface area (Å²) in [5.74, 6) is -2.07. The van der Waals surface area contributed by atoms with Gasteiger partial charge < -0.3 is 30.4 Å². The number of allylic oxidation sites excluding steroid dienone is 1. The molecule has 4 aliphatic carbocycles. The number of hydrogen-bond acceptors (Lipinski definition) is 8. The quantitative estimate of drug-likeness (QED) is 0.236. The number of amides is 1. The molecule has 3 fully saturated rings. The lowest BCUT2D eigenvalue weighted by molar-refractivity contribution is -0.170. The molecule has 1 aromatic carbocycles. The monoisotopic (exact) mass is 648 g/mol. The molecule has 7 atom stereocenters. The highest BCUT2D eigenvalue weighted by Gasteiger charge is 2.66. The number of phenols is 1. The molecule has 6 rings (SSSR count). The zero-order valence-electron chi connectivity index (χ0n) is 27.0. The maximum Gasteiger partial charge on any atom is 0.326 e. The number of aromatic nitrogens is 1. The van der Waals surface area contributed by atoms with Crippen LogP contribution in [0.4, 0.5) is 0 Å². The van der Waals surface area contributed by atoms with Gasteiger partial charge in [-0.3, -0.25) is 19.2 Å². The lowest BCUT2D eigenvalue weighted by Gasteiger charge is -2.58. The number of phenolic OH excluding ortho intramolecular Hbond substituents is 1. The number of ketones is 2. The molecule has 0 saturated heterocycles. The van der Waals surface area contributed by atoms with Crippen LogP contribution in [0, 0.1) is 28.6 Å². The number of hydrogen-bond donors (Lipinski definition) is 5. The second-order valence-corrected chi connectivity index (χ2v) is 14.6. The number of rotatable bonds is 10. The third-order valence-corrected chi connectivity index (χ3v) is 12.3. The van der Waals surface area contributed by atoms with Gasteiger partial charge in [0, 0.05) is 41.8 Å². The Hall–Kier alpha value is -3.99. The Labute approximate surface area is 273 Å². The second kappa shape index (κ2) is 12.2. The summed E-state index contributed by atoms with van der Waals surface area (Å²) in [5.41, 5.74) is 0.290. The molecule has 5 N–H and O–H groups in total. The molecule has 0 bridgehead atoms. The molecule has 1 heterocycles. The van der Waals surface area contributed by atoms with E-state index in [1.807, 2.05) is 13.0 Å². The van der Waals surface area contributed by atoms with E-state index in [9.17, 15) is 39.3 Å². The minimum absolute atomic E-state index is 0.0183. The van der Waals surface area contributed by atoms with E-state index in [0.717, 1.165) is 25.7 Å². The first kappa shape index (κ1) is 32.9. The van der Waals surface area contributed by atoms with Gasteiger partial charge in [0.25, 0.3) is 0 Å². The lowest BCUT2D eigenvalue weighted by Crippen LogP contribution is -2.58. The van der Waals surface area contributed by atoms with Crippen molar-refractivity contribution in [2.75, 3.05) is 6.61 Å². The average Bonchev–Trinajstić information content (AvgIpc) is 3.56. The maximum absolute atomic E-state index is 13.5. The van der Waals surface area contributed by atoms with Crippen LogP contribution in [-0.2, 0) is 35.1 Å². The Bertz CT molecular complexity index is 1660. The van der Waals surface area contributed by atoms with Gasteiger partial charge in [0.1, 0.15) is 17.4 Å². The van der Waals surface area contributed by atoms with Crippen LogP contribution in [0.25, 0.3) is 10.9 Å². The van der Waals surface area contributed by atoms with Gasteiger partial charge in [-0.05, 0) is 98.0 Å². The number of aromatic hydroxyl groups is 1. The normalized spacial score (nSPS) is 32.0. The van der Waals surface area contributed by atoms with Gasteiger partial charge in [-0.25, -0.2) is 4.79 Å². The summed E-state index contributed by atoms with van der Waals surface area (Å²) in [5, 5.41) is 34.4. The number of aromatic amines is 1. The summed E-state index contributed by atoms with van der Waals surface area (Å²) in [6, 6.07) is 3.42. The van der Waals surface area contributed by atoms with Crippen molar-refractivity contribution in [1.82, 2.24) is 10.3 Å². The van der Waals surface area contributed by atoms with Crippen LogP contribution >= 0.6 is 0 Å². The number of carbonyl (C=O) groups is 5. The van der Waals surface area contributed by atoms with E-state index in [1.54, 1.807) is 12.3 Å². The Kier molecular flexibility index (Phi) is 8.57. The van der Waals surface area contributed by atoms with E-state index in [2.05, 4.69) is 17.2 Å². The Morgan fingerprint density at radius 1 is 1.04 bits per heavy atom. The van der Waals surface area contributed by atoms with Gasteiger partial charge in [0.2, 0.25) is 11.7 Å². The summed E-state index contributed by atoms with van der Waals surface area (Å²) in [6.45, 7) is 3.70. The van der Waals surface area contributed by atoms with Crippen LogP contribution in [-0.4, -0.2) is 68.0 Å². The molecule has 0 aliphatic heterocycles. The molecule has 1 amide bonds. The number of nitrogens with one attached hydrogen (secondary N) is 2. The van der Waals surface area contributed by atoms with Crippen molar-refractivity contribution < 1.29 is 44.0 Å². The van der Waals surface area contributed by atoms with Crippen LogP contribution in [0.5, 0.6) is 5.75 Å². The summed E-state index contributed by atoms with van der Waals surface area (Å²) >= 11 is 0. The molecule has 0 unspecified atom stereocenters. The number of Topliss-reactive ketones (excluding diaryl/α,β-unsaturated/α-hetero) is 1. The van der Waals surface area contributed by atoms with Crippen molar-refractivity contribution >= 4 is 40.3 Å². The number of fused-ring (bicyclic) bond motifs is 6. The van der Waals surface area contributed by atoms with Crippen LogP contribution in [0.2, 0.25) is 0 Å². The van der Waals surface area contributed by atoms with Crippen molar-refractivity contribution in [3.8, 4) is 5.75 Å². The van der Waals surface area contributed by atoms with Gasteiger partial charge in [-0.15, -0.1) is 0 Å². The van der Waals surface area contributed by atoms with Gasteiger partial charge in [-0.1, -0.05) is 19.4 Å². The fourth-order valence-corrected chi connectivity index (χ4v) is 9.61. The number of ether oxygens (including phenoxy) is 1. The van der Waals surface area contributed by atoms with E-state index < -0.39 is 47.3 Å². The van der Waals surface area contributed by atoms with Gasteiger partial charge in [0.15, 0.2) is 12.4 Å². The molecule has 4 aliphatic rings. The Balaban J connectivity index is 1.01. The highest BCUT2D eigenvalue weighted by Crippen LogP contribution is 2.67. The fraction of sp³-hybridized carbons (Fsp3) is 0.583. The molecule has 0 radical (unpaired) electrons. The summed E-state index contributed by atoms with van der Waals surface area (Å²) in [4.78, 5) is 65.7. The molecule has 3 saturated carbocycles. The topological polar surface area (TPSA) is 183 Å². The van der Waals surface area contributed by atoms with Crippen LogP contribution in [0.1, 0.15) is 83.6 Å². The molecular weight excluding hydrogens is 604 g/mol. The van der Waals surface area contributed by atoms with Crippen LogP contribution in [0.3, 0.4) is 0 Å². The Morgan fingerprint density at radius 3 is 2.57 bits per heavy atom. The SMILES string of the molecule is C[C@]12CCC(=O)C=C1CC[C@@H]1[C@H]2CC[C@@]2(C)[C@H]1CC[C@]2(O)C(=O)COC(=O)CCC(=O)N[C@@H](Cc1c[nH]c2ccc(O)cc12)C(=O)O. The van der Waals surface area contributed by atoms with E-state index >= 15 is 0 Å². The Morgan fingerprint density at radius 2 is 1.81 bits per heavy atom. The number of carboxylic acid groups (broad SMARTS) is 1. The first-order valence-corrected chi connectivity index (χ1v) is 16.7. The number of benzene rings is 1. The van der Waals surface area contributed by atoms with Crippen LogP contribution in [0.15, 0.2) is 36.0 Å². The van der Waals surface area contributed by atoms with Crippen molar-refractivity contribution in [1.29, 1.82) is 0 Å².